The SMILES string of the molecule is [C-]#N.[C-]#N.[C-]#N.[C-]#N.[C-]#N.[C-]#N.[Cr+6]. The van der Waals surface area contributed by atoms with Gasteiger partial charge in [-0.3, -0.25) is 0 Å². The second-order valence-electron chi connectivity index (χ2n) is 0. The van der Waals surface area contributed by atoms with Gasteiger partial charge in [0.15, 0.2) is 0 Å². The number of hydrogen-bond acceptors (Lipinski definition) is 6. The Hall–Kier alpha value is -2.53. The van der Waals surface area contributed by atoms with Gasteiger partial charge in [0.25, 0.3) is 0 Å². The monoisotopic (exact) mass is 208 g/mol. The van der Waals surface area contributed by atoms with Crippen LogP contribution in [-0.4, -0.2) is 0 Å². The molecule has 0 amide bonds. The molecule has 0 bridgehead atoms. The van der Waals surface area contributed by atoms with E-state index in [-0.39, 0.29) is 17.4 Å². The number of hydrogen-bond donors (Lipinski definition) is 0. The van der Waals surface area contributed by atoms with Crippen LogP contribution in [0.1, 0.15) is 0 Å². The summed E-state index contributed by atoms with van der Waals surface area (Å²) in [6, 6.07) is 0. The molecule has 0 aromatic heterocycles. The molecule has 0 saturated carbocycles. The standard InChI is InChI=1S/6CN.Cr/c6*1-2;/q6*-1;+6. The molecule has 7 heteroatoms. The molecule has 0 heterocycles. The molecule has 0 aliphatic heterocycles. The number of nitrogens with zero attached hydrogens (tertiary/aromatic N) is 6. The largest absolute Gasteiger partial charge is 6.00 e. The van der Waals surface area contributed by atoms with E-state index in [4.69, 9.17) is 71.0 Å². The second-order valence-corrected chi connectivity index (χ2v) is 0. The molecule has 0 aromatic carbocycles. The van der Waals surface area contributed by atoms with Crippen LogP contribution in [0.15, 0.2) is 0 Å². The van der Waals surface area contributed by atoms with Gasteiger partial charge >= 0.3 is 17.4 Å². The van der Waals surface area contributed by atoms with Crippen molar-refractivity contribution in [1.29, 1.82) is 31.6 Å². The van der Waals surface area contributed by atoms with Gasteiger partial charge in [-0.1, -0.05) is 0 Å². The van der Waals surface area contributed by atoms with Crippen LogP contribution in [0, 0.1) is 71.0 Å². The Bertz CT molecular complexity index is 92.1. The third-order valence-corrected chi connectivity index (χ3v) is 0. The van der Waals surface area contributed by atoms with E-state index in [2.05, 4.69) is 0 Å². The Morgan fingerprint density at radius 2 is 0.308 bits per heavy atom. The van der Waals surface area contributed by atoms with Crippen molar-refractivity contribution in [2.75, 3.05) is 0 Å². The van der Waals surface area contributed by atoms with E-state index in [0.717, 1.165) is 0 Å². The fourth-order valence-corrected chi connectivity index (χ4v) is 0. The first-order valence-electron chi connectivity index (χ1n) is 1.34. The van der Waals surface area contributed by atoms with Gasteiger partial charge in [-0.15, -0.1) is 0 Å². The zero-order valence-corrected chi connectivity index (χ0v) is 7.37. The first kappa shape index (κ1) is 77.9. The van der Waals surface area contributed by atoms with Crippen LogP contribution in [0.25, 0.3) is 0 Å². The Morgan fingerprint density at radius 1 is 0.308 bits per heavy atom. The summed E-state index contributed by atoms with van der Waals surface area (Å²) in [5.41, 5.74) is 0. The average molecular weight is 208 g/mol. The van der Waals surface area contributed by atoms with Crippen molar-refractivity contribution in [2.24, 2.45) is 0 Å². The summed E-state index contributed by atoms with van der Waals surface area (Å²) in [4.78, 5) is 0. The molecule has 0 spiro atoms. The van der Waals surface area contributed by atoms with Crippen LogP contribution in [0.4, 0.5) is 0 Å². The van der Waals surface area contributed by atoms with Crippen LogP contribution in [0.5, 0.6) is 0 Å². The zero-order valence-electron chi connectivity index (χ0n) is 6.09. The molecular weight excluding hydrogens is 208 g/mol. The minimum atomic E-state index is 0. The van der Waals surface area contributed by atoms with Gasteiger partial charge in [0, 0.05) is 0 Å². The Kier molecular flexibility index (Phi) is 638. The molecule has 0 atom stereocenters. The first-order chi connectivity index (χ1) is 6.00. The van der Waals surface area contributed by atoms with Crippen LogP contribution in [0.2, 0.25) is 0 Å². The maximum atomic E-state index is 6.25. The number of rotatable bonds is 0. The third-order valence-electron chi connectivity index (χ3n) is 0. The molecule has 0 saturated heterocycles. The molecule has 0 aromatic rings. The molecule has 0 aliphatic carbocycles. The molecule has 0 rings (SSSR count). The molecule has 0 aliphatic rings. The van der Waals surface area contributed by atoms with E-state index < -0.39 is 0 Å². The van der Waals surface area contributed by atoms with Crippen LogP contribution in [-0.2, 0) is 17.4 Å². The fraction of sp³-hybridized carbons (Fsp3) is 0. The van der Waals surface area contributed by atoms with Gasteiger partial charge in [0.1, 0.15) is 0 Å². The molecular formula is C6CrN6. The Morgan fingerprint density at radius 3 is 0.308 bits per heavy atom. The van der Waals surface area contributed by atoms with E-state index >= 15 is 0 Å². The Balaban J connectivity index is -0.00000000655. The van der Waals surface area contributed by atoms with Crippen LogP contribution < -0.4 is 0 Å². The Labute approximate surface area is 88.8 Å². The molecule has 60 valence electrons. The quantitative estimate of drug-likeness (QED) is 0.532. The maximum absolute atomic E-state index is 6.25. The van der Waals surface area contributed by atoms with Gasteiger partial charge in [0.2, 0.25) is 0 Å². The van der Waals surface area contributed by atoms with Crippen molar-refractivity contribution in [3.8, 4) is 0 Å². The van der Waals surface area contributed by atoms with Gasteiger partial charge < -0.3 is 71.0 Å². The molecule has 0 N–H and O–H groups in total. The van der Waals surface area contributed by atoms with Crippen molar-refractivity contribution in [3.05, 3.63) is 39.4 Å². The summed E-state index contributed by atoms with van der Waals surface area (Å²) < 4.78 is 0. The summed E-state index contributed by atoms with van der Waals surface area (Å²) in [5, 5.41) is 37.5. The predicted molar refractivity (Wildman–Crippen MR) is 29.8 cm³/mol. The molecule has 0 unspecified atom stereocenters. The first-order valence-corrected chi connectivity index (χ1v) is 1.34. The van der Waals surface area contributed by atoms with Crippen molar-refractivity contribution in [1.82, 2.24) is 0 Å². The molecule has 13 heavy (non-hydrogen) atoms. The third kappa shape index (κ3) is 82.8. The minimum absolute atomic E-state index is 0. The van der Waals surface area contributed by atoms with Crippen molar-refractivity contribution in [3.63, 3.8) is 0 Å². The summed E-state index contributed by atoms with van der Waals surface area (Å²) >= 11 is 0. The zero-order chi connectivity index (χ0) is 12.0. The van der Waals surface area contributed by atoms with Crippen LogP contribution in [0.3, 0.4) is 0 Å². The molecule has 0 fully saturated rings. The van der Waals surface area contributed by atoms with Crippen molar-refractivity contribution in [2.45, 2.75) is 0 Å². The maximum Gasteiger partial charge on any atom is 6.00 e. The average Bonchev–Trinajstić information content (AvgIpc) is 2.33. The predicted octanol–water partition coefficient (Wildman–Crippen LogP) is 0.576. The summed E-state index contributed by atoms with van der Waals surface area (Å²) in [6.45, 7) is 28.5. The van der Waals surface area contributed by atoms with E-state index in [1.54, 1.807) is 0 Å². The van der Waals surface area contributed by atoms with Crippen molar-refractivity contribution < 1.29 is 17.4 Å². The normalized spacial score (nSPS) is 0.923. The van der Waals surface area contributed by atoms with E-state index in [0.29, 0.717) is 0 Å². The van der Waals surface area contributed by atoms with Crippen molar-refractivity contribution >= 4 is 0 Å². The van der Waals surface area contributed by atoms with Gasteiger partial charge in [-0.05, 0) is 0 Å². The fourth-order valence-electron chi connectivity index (χ4n) is 0. The van der Waals surface area contributed by atoms with E-state index in [1.165, 1.54) is 0 Å². The summed E-state index contributed by atoms with van der Waals surface area (Å²) in [5.74, 6) is 0. The summed E-state index contributed by atoms with van der Waals surface area (Å²) in [7, 11) is 0. The smallest absolute Gasteiger partial charge is 0.512 e. The molecule has 6 nitrogen and oxygen atoms in total. The van der Waals surface area contributed by atoms with E-state index in [1.807, 2.05) is 0 Å². The van der Waals surface area contributed by atoms with Gasteiger partial charge in [-0.25, -0.2) is 0 Å². The van der Waals surface area contributed by atoms with Crippen LogP contribution >= 0.6 is 0 Å². The minimum Gasteiger partial charge on any atom is -0.512 e. The van der Waals surface area contributed by atoms with Gasteiger partial charge in [0.05, 0.1) is 0 Å². The topological polar surface area (TPSA) is 143 Å². The van der Waals surface area contributed by atoms with Gasteiger partial charge in [-0.2, -0.15) is 0 Å². The van der Waals surface area contributed by atoms with E-state index in [9.17, 15) is 0 Å². The second kappa shape index (κ2) is 106. The summed E-state index contributed by atoms with van der Waals surface area (Å²) in [6.07, 6.45) is 0. The molecule has 0 radical (unpaired) electrons.